The van der Waals surface area contributed by atoms with E-state index in [9.17, 15) is 4.79 Å². The van der Waals surface area contributed by atoms with Gasteiger partial charge in [0.1, 0.15) is 0 Å². The number of carbonyl (C=O) groups excluding carboxylic acids is 1. The van der Waals surface area contributed by atoms with Gasteiger partial charge in [-0.3, -0.25) is 0 Å². The van der Waals surface area contributed by atoms with Crippen molar-refractivity contribution in [3.63, 3.8) is 0 Å². The normalized spacial score (nSPS) is 11.2. The first-order valence-corrected chi connectivity index (χ1v) is 7.90. The number of halogens is 2. The van der Waals surface area contributed by atoms with Gasteiger partial charge in [-0.1, -0.05) is 47.5 Å². The number of primary amides is 1. The lowest BCUT2D eigenvalue weighted by molar-refractivity contribution is 0.249. The molecule has 0 aliphatic carbocycles. The van der Waals surface area contributed by atoms with Crippen molar-refractivity contribution in [3.8, 4) is 0 Å². The number of fused-ring (bicyclic) bond motifs is 1. The van der Waals surface area contributed by atoms with Gasteiger partial charge in [0.25, 0.3) is 0 Å². The number of amides is 2. The second-order valence-corrected chi connectivity index (χ2v) is 6.04. The monoisotopic (exact) mass is 360 g/mol. The quantitative estimate of drug-likeness (QED) is 0.535. The Morgan fingerprint density at radius 3 is 2.79 bits per heavy atom. The van der Waals surface area contributed by atoms with Crippen LogP contribution in [0.15, 0.2) is 53.8 Å². The molecule has 0 saturated carbocycles. The van der Waals surface area contributed by atoms with Gasteiger partial charge in [0.2, 0.25) is 0 Å². The van der Waals surface area contributed by atoms with Gasteiger partial charge >= 0.3 is 6.03 Å². The first-order chi connectivity index (χ1) is 11.5. The molecule has 24 heavy (non-hydrogen) atoms. The molecule has 3 N–H and O–H groups in total. The van der Waals surface area contributed by atoms with Crippen molar-refractivity contribution >= 4 is 46.4 Å². The molecule has 1 aromatic heterocycles. The summed E-state index contributed by atoms with van der Waals surface area (Å²) in [5.74, 6) is 0. The maximum absolute atomic E-state index is 10.7. The minimum atomic E-state index is -0.706. The molecule has 122 valence electrons. The predicted octanol–water partition coefficient (Wildman–Crippen LogP) is 4.00. The van der Waals surface area contributed by atoms with Crippen molar-refractivity contribution in [1.82, 2.24) is 9.99 Å². The molecule has 0 unspecified atom stereocenters. The van der Waals surface area contributed by atoms with E-state index in [-0.39, 0.29) is 0 Å². The Kier molecular flexibility index (Phi) is 4.74. The number of nitrogens with two attached hydrogens (primary N) is 1. The van der Waals surface area contributed by atoms with Crippen molar-refractivity contribution in [1.29, 1.82) is 0 Å². The summed E-state index contributed by atoms with van der Waals surface area (Å²) in [7, 11) is 0. The molecular formula is C17H14Cl2N4O. The van der Waals surface area contributed by atoms with Gasteiger partial charge in [-0.05, 0) is 23.8 Å². The van der Waals surface area contributed by atoms with Crippen LogP contribution in [0.5, 0.6) is 0 Å². The molecular weight excluding hydrogens is 347 g/mol. The standard InChI is InChI=1S/C17H14Cl2N4O/c18-13-6-5-11(15(19)7-13)9-23-10-12(8-21-22-17(20)24)14-3-1-2-4-16(14)23/h1-8,10H,9H2,(H3,20,22,24). The highest BCUT2D eigenvalue weighted by Crippen LogP contribution is 2.25. The molecule has 3 rings (SSSR count). The number of aromatic nitrogens is 1. The average molecular weight is 361 g/mol. The number of hydrogen-bond donors (Lipinski definition) is 2. The molecule has 2 aromatic carbocycles. The van der Waals surface area contributed by atoms with Gasteiger partial charge in [-0.2, -0.15) is 5.10 Å². The molecule has 0 spiro atoms. The summed E-state index contributed by atoms with van der Waals surface area (Å²) in [6.45, 7) is 0.591. The molecule has 0 atom stereocenters. The Bertz CT molecular complexity index is 933. The second-order valence-electron chi connectivity index (χ2n) is 5.20. The van der Waals surface area contributed by atoms with Crippen LogP contribution in [-0.2, 0) is 6.54 Å². The Morgan fingerprint density at radius 2 is 2.04 bits per heavy atom. The van der Waals surface area contributed by atoms with Gasteiger partial charge in [-0.25, -0.2) is 10.2 Å². The average Bonchev–Trinajstić information content (AvgIpc) is 2.88. The third-order valence-corrected chi connectivity index (χ3v) is 4.14. The molecule has 3 aromatic rings. The van der Waals surface area contributed by atoms with Crippen LogP contribution < -0.4 is 11.2 Å². The topological polar surface area (TPSA) is 72.4 Å². The molecule has 5 nitrogen and oxygen atoms in total. The number of nitrogens with zero attached hydrogens (tertiary/aromatic N) is 2. The maximum Gasteiger partial charge on any atom is 0.332 e. The number of nitrogens with one attached hydrogen (secondary N) is 1. The van der Waals surface area contributed by atoms with Crippen LogP contribution in [0.3, 0.4) is 0 Å². The van der Waals surface area contributed by atoms with E-state index < -0.39 is 6.03 Å². The molecule has 0 aliphatic rings. The summed E-state index contributed by atoms with van der Waals surface area (Å²) < 4.78 is 2.07. The fraction of sp³-hybridized carbons (Fsp3) is 0.0588. The Hall–Kier alpha value is -2.50. The summed E-state index contributed by atoms with van der Waals surface area (Å²) in [5, 5.41) is 6.07. The van der Waals surface area contributed by atoms with Crippen LogP contribution in [0.2, 0.25) is 10.0 Å². The predicted molar refractivity (Wildman–Crippen MR) is 97.8 cm³/mol. The number of hydrogen-bond acceptors (Lipinski definition) is 2. The van der Waals surface area contributed by atoms with Gasteiger partial charge < -0.3 is 10.3 Å². The number of carbonyl (C=O) groups is 1. The fourth-order valence-electron chi connectivity index (χ4n) is 2.51. The van der Waals surface area contributed by atoms with E-state index in [1.165, 1.54) is 0 Å². The lowest BCUT2D eigenvalue weighted by Crippen LogP contribution is -2.24. The summed E-state index contributed by atoms with van der Waals surface area (Å²) in [6.07, 6.45) is 3.51. The zero-order valence-corrected chi connectivity index (χ0v) is 14.1. The number of urea groups is 1. The number of rotatable bonds is 4. The first kappa shape index (κ1) is 16.4. The van der Waals surface area contributed by atoms with Gasteiger partial charge in [0.05, 0.1) is 6.21 Å². The molecule has 0 bridgehead atoms. The lowest BCUT2D eigenvalue weighted by atomic mass is 10.2. The summed E-state index contributed by atoms with van der Waals surface area (Å²) in [4.78, 5) is 10.7. The number of para-hydroxylation sites is 1. The van der Waals surface area contributed by atoms with E-state index in [1.807, 2.05) is 42.6 Å². The third-order valence-electron chi connectivity index (χ3n) is 3.55. The Balaban J connectivity index is 1.99. The van der Waals surface area contributed by atoms with E-state index in [4.69, 9.17) is 28.9 Å². The van der Waals surface area contributed by atoms with Crippen LogP contribution in [0.25, 0.3) is 10.9 Å². The largest absolute Gasteiger partial charge is 0.350 e. The highest BCUT2D eigenvalue weighted by atomic mass is 35.5. The summed E-state index contributed by atoms with van der Waals surface area (Å²) >= 11 is 12.2. The van der Waals surface area contributed by atoms with Crippen molar-refractivity contribution in [2.45, 2.75) is 6.54 Å². The van der Waals surface area contributed by atoms with Crippen LogP contribution in [-0.4, -0.2) is 16.8 Å². The SMILES string of the molecule is NC(=O)NN=Cc1cn(Cc2ccc(Cl)cc2Cl)c2ccccc12. The maximum atomic E-state index is 10.7. The van der Waals surface area contributed by atoms with Gasteiger partial charge in [0, 0.05) is 39.3 Å². The Labute approximate surface area is 148 Å². The molecule has 0 radical (unpaired) electrons. The van der Waals surface area contributed by atoms with E-state index in [0.717, 1.165) is 22.0 Å². The van der Waals surface area contributed by atoms with Crippen molar-refractivity contribution in [2.24, 2.45) is 10.8 Å². The lowest BCUT2D eigenvalue weighted by Gasteiger charge is -2.08. The molecule has 0 aliphatic heterocycles. The van der Waals surface area contributed by atoms with Gasteiger partial charge in [-0.15, -0.1) is 0 Å². The van der Waals surface area contributed by atoms with Gasteiger partial charge in [0.15, 0.2) is 0 Å². The minimum absolute atomic E-state index is 0.591. The van der Waals surface area contributed by atoms with E-state index in [0.29, 0.717) is 16.6 Å². The summed E-state index contributed by atoms with van der Waals surface area (Å²) in [6, 6.07) is 12.6. The Morgan fingerprint density at radius 1 is 1.25 bits per heavy atom. The minimum Gasteiger partial charge on any atom is -0.350 e. The highest BCUT2D eigenvalue weighted by Gasteiger charge is 2.09. The summed E-state index contributed by atoms with van der Waals surface area (Å²) in [5.41, 5.74) is 10.1. The molecule has 0 saturated heterocycles. The highest BCUT2D eigenvalue weighted by molar-refractivity contribution is 6.35. The van der Waals surface area contributed by atoms with Crippen LogP contribution >= 0.6 is 23.2 Å². The van der Waals surface area contributed by atoms with E-state index in [2.05, 4.69) is 15.1 Å². The van der Waals surface area contributed by atoms with E-state index in [1.54, 1.807) is 12.3 Å². The zero-order valence-electron chi connectivity index (χ0n) is 12.5. The van der Waals surface area contributed by atoms with E-state index >= 15 is 0 Å². The first-order valence-electron chi connectivity index (χ1n) is 7.15. The van der Waals surface area contributed by atoms with Crippen LogP contribution in [0, 0.1) is 0 Å². The van der Waals surface area contributed by atoms with Crippen LogP contribution in [0.1, 0.15) is 11.1 Å². The van der Waals surface area contributed by atoms with Crippen molar-refractivity contribution in [2.75, 3.05) is 0 Å². The van der Waals surface area contributed by atoms with Crippen molar-refractivity contribution in [3.05, 3.63) is 69.8 Å². The smallest absolute Gasteiger partial charge is 0.332 e. The molecule has 7 heteroatoms. The van der Waals surface area contributed by atoms with Crippen LogP contribution in [0.4, 0.5) is 4.79 Å². The second kappa shape index (κ2) is 6.95. The van der Waals surface area contributed by atoms with Crippen molar-refractivity contribution < 1.29 is 4.79 Å². The number of benzene rings is 2. The molecule has 0 fully saturated rings. The third kappa shape index (κ3) is 3.53. The zero-order chi connectivity index (χ0) is 17.1. The number of hydrazone groups is 1. The molecule has 1 heterocycles. The fourth-order valence-corrected chi connectivity index (χ4v) is 2.98. The molecule has 2 amide bonds.